The number of rotatable bonds is 6. The summed E-state index contributed by atoms with van der Waals surface area (Å²) in [5.74, 6) is 0.481. The van der Waals surface area contributed by atoms with Gasteiger partial charge in [-0.2, -0.15) is 0 Å². The minimum atomic E-state index is -0.159. The Bertz CT molecular complexity index is 992. The van der Waals surface area contributed by atoms with Crippen LogP contribution in [0, 0.1) is 6.92 Å². The Kier molecular flexibility index (Phi) is 5.37. The number of carbonyl (C=O) groups is 1. The summed E-state index contributed by atoms with van der Waals surface area (Å²) in [6, 6.07) is 16.7. The highest BCUT2D eigenvalue weighted by atomic mass is 16.5. The molecule has 0 aliphatic heterocycles. The van der Waals surface area contributed by atoms with Crippen molar-refractivity contribution in [3.05, 3.63) is 70.5 Å². The zero-order valence-electron chi connectivity index (χ0n) is 15.0. The largest absolute Gasteiger partial charge is 0.492 e. The van der Waals surface area contributed by atoms with Gasteiger partial charge >= 0.3 is 0 Å². The summed E-state index contributed by atoms with van der Waals surface area (Å²) in [5, 5.41) is 3.89. The molecule has 1 aromatic heterocycles. The van der Waals surface area contributed by atoms with Gasteiger partial charge in [0.25, 0.3) is 5.56 Å². The van der Waals surface area contributed by atoms with E-state index in [9.17, 15) is 9.59 Å². The van der Waals surface area contributed by atoms with Gasteiger partial charge in [0.2, 0.25) is 5.91 Å². The highest BCUT2D eigenvalue weighted by Gasteiger charge is 2.10. The van der Waals surface area contributed by atoms with Crippen molar-refractivity contribution in [3.8, 4) is 5.75 Å². The van der Waals surface area contributed by atoms with E-state index >= 15 is 0 Å². The van der Waals surface area contributed by atoms with Gasteiger partial charge in [-0.05, 0) is 37.6 Å². The van der Waals surface area contributed by atoms with Gasteiger partial charge in [-0.3, -0.25) is 9.59 Å². The molecule has 0 bridgehead atoms. The molecule has 0 atom stereocenters. The zero-order valence-corrected chi connectivity index (χ0v) is 15.0. The second-order valence-electron chi connectivity index (χ2n) is 6.06. The lowest BCUT2D eigenvalue weighted by molar-refractivity contribution is -0.116. The number of benzene rings is 2. The first kappa shape index (κ1) is 17.7. The highest BCUT2D eigenvalue weighted by Crippen LogP contribution is 2.24. The summed E-state index contributed by atoms with van der Waals surface area (Å²) in [6.07, 6.45) is 0.202. The minimum Gasteiger partial charge on any atom is -0.492 e. The number of nitrogens with one attached hydrogen (secondary N) is 1. The third-order valence-electron chi connectivity index (χ3n) is 4.25. The predicted molar refractivity (Wildman–Crippen MR) is 104 cm³/mol. The van der Waals surface area contributed by atoms with Gasteiger partial charge in [-0.15, -0.1) is 0 Å². The van der Waals surface area contributed by atoms with Gasteiger partial charge in [-0.1, -0.05) is 30.3 Å². The normalized spacial score (nSPS) is 10.7. The van der Waals surface area contributed by atoms with Crippen LogP contribution in [0.5, 0.6) is 5.75 Å². The molecule has 0 saturated carbocycles. The number of carbonyl (C=O) groups excluding carboxylic acids is 1. The number of hydrogen-bond acceptors (Lipinski definition) is 3. The molecule has 0 unspecified atom stereocenters. The van der Waals surface area contributed by atoms with E-state index in [0.717, 1.165) is 16.5 Å². The number of amides is 1. The molecule has 134 valence electrons. The Morgan fingerprint density at radius 1 is 1.12 bits per heavy atom. The molecule has 3 rings (SSSR count). The maximum absolute atomic E-state index is 12.4. The van der Waals surface area contributed by atoms with Gasteiger partial charge in [0, 0.05) is 24.4 Å². The quantitative estimate of drug-likeness (QED) is 0.737. The lowest BCUT2D eigenvalue weighted by Crippen LogP contribution is -2.23. The summed E-state index contributed by atoms with van der Waals surface area (Å²) in [4.78, 5) is 24.7. The Labute approximate surface area is 152 Å². The van der Waals surface area contributed by atoms with Crippen LogP contribution in [-0.4, -0.2) is 17.1 Å². The summed E-state index contributed by atoms with van der Waals surface area (Å²) in [7, 11) is 0. The number of aromatic nitrogens is 1. The Hall–Kier alpha value is -3.08. The van der Waals surface area contributed by atoms with E-state index in [4.69, 9.17) is 4.74 Å². The first-order valence-corrected chi connectivity index (χ1v) is 8.71. The van der Waals surface area contributed by atoms with Crippen LogP contribution in [0.3, 0.4) is 0 Å². The topological polar surface area (TPSA) is 60.3 Å². The summed E-state index contributed by atoms with van der Waals surface area (Å²) < 4.78 is 7.17. The molecule has 2 aromatic carbocycles. The molecular formula is C21H22N2O3. The second-order valence-corrected chi connectivity index (χ2v) is 6.06. The van der Waals surface area contributed by atoms with Crippen LogP contribution < -0.4 is 15.6 Å². The van der Waals surface area contributed by atoms with E-state index in [0.29, 0.717) is 24.6 Å². The third-order valence-corrected chi connectivity index (χ3v) is 4.25. The second kappa shape index (κ2) is 7.87. The van der Waals surface area contributed by atoms with Gasteiger partial charge in [0.15, 0.2) is 0 Å². The third kappa shape index (κ3) is 3.77. The average molecular weight is 350 g/mol. The highest BCUT2D eigenvalue weighted by molar-refractivity contribution is 5.92. The van der Waals surface area contributed by atoms with E-state index in [1.807, 2.05) is 56.3 Å². The van der Waals surface area contributed by atoms with Crippen LogP contribution in [0.2, 0.25) is 0 Å². The zero-order chi connectivity index (χ0) is 18.5. The molecule has 0 fully saturated rings. The first-order valence-electron chi connectivity index (χ1n) is 8.71. The lowest BCUT2D eigenvalue weighted by atomic mass is 10.1. The molecule has 0 aliphatic carbocycles. The molecule has 1 N–H and O–H groups in total. The SMILES string of the molecule is CCOc1ccccc1NC(=O)CCn1c(=O)cc(C)c2ccccc21. The number of para-hydroxylation sites is 3. The van der Waals surface area contributed by atoms with Gasteiger partial charge in [0.1, 0.15) is 5.75 Å². The van der Waals surface area contributed by atoms with Crippen LogP contribution in [0.15, 0.2) is 59.4 Å². The maximum atomic E-state index is 12.4. The molecule has 5 nitrogen and oxygen atoms in total. The summed E-state index contributed by atoms with van der Waals surface area (Å²) in [5.41, 5.74) is 2.33. The molecule has 1 heterocycles. The van der Waals surface area contributed by atoms with Crippen molar-refractivity contribution in [2.75, 3.05) is 11.9 Å². The molecule has 1 amide bonds. The smallest absolute Gasteiger partial charge is 0.251 e. The number of aryl methyl sites for hydroxylation is 2. The van der Waals surface area contributed by atoms with Crippen molar-refractivity contribution in [2.45, 2.75) is 26.8 Å². The van der Waals surface area contributed by atoms with Crippen LogP contribution in [-0.2, 0) is 11.3 Å². The van der Waals surface area contributed by atoms with E-state index in [2.05, 4.69) is 5.32 Å². The summed E-state index contributed by atoms with van der Waals surface area (Å²) >= 11 is 0. The fourth-order valence-corrected chi connectivity index (χ4v) is 3.01. The number of ether oxygens (including phenoxy) is 1. The fourth-order valence-electron chi connectivity index (χ4n) is 3.01. The number of fused-ring (bicyclic) bond motifs is 1. The molecule has 0 saturated heterocycles. The fraction of sp³-hybridized carbons (Fsp3) is 0.238. The molecular weight excluding hydrogens is 328 g/mol. The molecule has 0 radical (unpaired) electrons. The molecule has 0 spiro atoms. The number of anilines is 1. The van der Waals surface area contributed by atoms with Crippen LogP contribution >= 0.6 is 0 Å². The minimum absolute atomic E-state index is 0.0938. The molecule has 5 heteroatoms. The lowest BCUT2D eigenvalue weighted by Gasteiger charge is -2.13. The molecule has 3 aromatic rings. The van der Waals surface area contributed by atoms with E-state index in [1.165, 1.54) is 0 Å². The van der Waals surface area contributed by atoms with Crippen molar-refractivity contribution in [3.63, 3.8) is 0 Å². The monoisotopic (exact) mass is 350 g/mol. The number of nitrogens with zero attached hydrogens (tertiary/aromatic N) is 1. The van der Waals surface area contributed by atoms with Crippen molar-refractivity contribution >= 4 is 22.5 Å². The van der Waals surface area contributed by atoms with E-state index in [1.54, 1.807) is 16.7 Å². The van der Waals surface area contributed by atoms with Gasteiger partial charge < -0.3 is 14.6 Å². The average Bonchev–Trinajstić information content (AvgIpc) is 2.63. The Morgan fingerprint density at radius 2 is 1.85 bits per heavy atom. The van der Waals surface area contributed by atoms with Crippen LogP contribution in [0.25, 0.3) is 10.9 Å². The van der Waals surface area contributed by atoms with E-state index in [-0.39, 0.29) is 17.9 Å². The maximum Gasteiger partial charge on any atom is 0.251 e. The number of pyridine rings is 1. The number of hydrogen-bond donors (Lipinski definition) is 1. The molecule has 0 aliphatic rings. The van der Waals surface area contributed by atoms with Crippen molar-refractivity contribution in [1.29, 1.82) is 0 Å². The van der Waals surface area contributed by atoms with Gasteiger partial charge in [-0.25, -0.2) is 0 Å². The first-order chi connectivity index (χ1) is 12.6. The van der Waals surface area contributed by atoms with Crippen LogP contribution in [0.1, 0.15) is 18.9 Å². The standard InChI is InChI=1S/C21H22N2O3/c1-3-26-19-11-7-5-9-17(19)22-20(24)12-13-23-18-10-6-4-8-16(18)15(2)14-21(23)25/h4-11,14H,3,12-13H2,1-2H3,(H,22,24). The van der Waals surface area contributed by atoms with Crippen LogP contribution in [0.4, 0.5) is 5.69 Å². The van der Waals surface area contributed by atoms with Crippen molar-refractivity contribution in [2.24, 2.45) is 0 Å². The Balaban J connectivity index is 1.77. The van der Waals surface area contributed by atoms with Crippen molar-refractivity contribution < 1.29 is 9.53 Å². The van der Waals surface area contributed by atoms with Crippen molar-refractivity contribution in [1.82, 2.24) is 4.57 Å². The van der Waals surface area contributed by atoms with Gasteiger partial charge in [0.05, 0.1) is 17.8 Å². The molecule has 26 heavy (non-hydrogen) atoms. The summed E-state index contributed by atoms with van der Waals surface area (Å²) in [6.45, 7) is 4.67. The van der Waals surface area contributed by atoms with E-state index < -0.39 is 0 Å². The Morgan fingerprint density at radius 3 is 2.65 bits per heavy atom. The predicted octanol–water partition coefficient (Wildman–Crippen LogP) is 3.74.